The summed E-state index contributed by atoms with van der Waals surface area (Å²) in [5, 5.41) is 12.7. The number of aromatic hydroxyl groups is 1. The maximum atomic E-state index is 13.1. The monoisotopic (exact) mass is 415 g/mol. The number of phenols is 1. The Kier molecular flexibility index (Phi) is 6.64. The average Bonchev–Trinajstić information content (AvgIpc) is 2.72. The summed E-state index contributed by atoms with van der Waals surface area (Å²) in [6.45, 7) is 6.37. The van der Waals surface area contributed by atoms with E-state index in [2.05, 4.69) is 10.2 Å². The van der Waals surface area contributed by atoms with Gasteiger partial charge in [0.25, 0.3) is 5.91 Å². The number of amides is 2. The Bertz CT molecular complexity index is 862. The van der Waals surface area contributed by atoms with Crippen molar-refractivity contribution in [3.8, 4) is 5.75 Å². The molecular formula is C22H26ClN3O3. The van der Waals surface area contributed by atoms with Gasteiger partial charge in [-0.1, -0.05) is 37.6 Å². The first-order valence-corrected chi connectivity index (χ1v) is 10.1. The number of nitrogens with one attached hydrogen (secondary N) is 1. The van der Waals surface area contributed by atoms with Crippen LogP contribution in [-0.4, -0.2) is 54.0 Å². The van der Waals surface area contributed by atoms with E-state index in [9.17, 15) is 14.7 Å². The molecule has 1 fully saturated rings. The van der Waals surface area contributed by atoms with Gasteiger partial charge in [0.15, 0.2) is 0 Å². The van der Waals surface area contributed by atoms with Crippen LogP contribution in [-0.2, 0) is 4.79 Å². The van der Waals surface area contributed by atoms with Crippen LogP contribution in [0.15, 0.2) is 48.5 Å². The second kappa shape index (κ2) is 9.18. The topological polar surface area (TPSA) is 72.9 Å². The molecule has 0 aliphatic carbocycles. The van der Waals surface area contributed by atoms with E-state index < -0.39 is 6.04 Å². The molecular weight excluding hydrogens is 390 g/mol. The van der Waals surface area contributed by atoms with Crippen LogP contribution >= 0.6 is 11.6 Å². The fraction of sp³-hybridized carbons (Fsp3) is 0.364. The molecule has 0 spiro atoms. The van der Waals surface area contributed by atoms with Gasteiger partial charge in [0.1, 0.15) is 11.8 Å². The third kappa shape index (κ3) is 5.01. The van der Waals surface area contributed by atoms with Crippen molar-refractivity contribution >= 4 is 29.1 Å². The van der Waals surface area contributed by atoms with Crippen molar-refractivity contribution in [1.82, 2.24) is 10.2 Å². The standard InChI is InChI=1S/C22H26ClN3O3/c1-15(2)20(24-21(28)18-5-3-4-6-19(18)23)22(29)26-13-11-25(12-14-26)16-7-9-17(27)10-8-16/h3-10,15,20,27H,11-14H2,1-2H3,(H,24,28). The number of halogens is 1. The van der Waals surface area contributed by atoms with Crippen LogP contribution in [0.2, 0.25) is 5.02 Å². The summed E-state index contributed by atoms with van der Waals surface area (Å²) in [6.07, 6.45) is 0. The van der Waals surface area contributed by atoms with Gasteiger partial charge in [-0.2, -0.15) is 0 Å². The van der Waals surface area contributed by atoms with E-state index in [4.69, 9.17) is 11.6 Å². The number of carbonyl (C=O) groups excluding carboxylic acids is 2. The molecule has 0 saturated carbocycles. The van der Waals surface area contributed by atoms with Crippen molar-refractivity contribution in [2.24, 2.45) is 5.92 Å². The van der Waals surface area contributed by atoms with E-state index >= 15 is 0 Å². The first-order valence-electron chi connectivity index (χ1n) is 9.75. The van der Waals surface area contributed by atoms with Crippen LogP contribution < -0.4 is 10.2 Å². The molecule has 1 saturated heterocycles. The third-order valence-electron chi connectivity index (χ3n) is 5.14. The maximum Gasteiger partial charge on any atom is 0.253 e. The Morgan fingerprint density at radius 2 is 1.62 bits per heavy atom. The van der Waals surface area contributed by atoms with E-state index in [0.29, 0.717) is 36.8 Å². The van der Waals surface area contributed by atoms with Gasteiger partial charge in [0.05, 0.1) is 10.6 Å². The second-order valence-corrected chi connectivity index (χ2v) is 7.91. The molecule has 0 bridgehead atoms. The summed E-state index contributed by atoms with van der Waals surface area (Å²) in [5.74, 6) is -0.239. The van der Waals surface area contributed by atoms with Crippen LogP contribution in [0.3, 0.4) is 0 Å². The number of anilines is 1. The number of phenolic OH excluding ortho intramolecular Hbond substituents is 1. The number of piperazine rings is 1. The molecule has 6 nitrogen and oxygen atoms in total. The Labute approximate surface area is 176 Å². The van der Waals surface area contributed by atoms with Crippen molar-refractivity contribution in [1.29, 1.82) is 0 Å². The number of hydrogen-bond acceptors (Lipinski definition) is 4. The highest BCUT2D eigenvalue weighted by Gasteiger charge is 2.31. The van der Waals surface area contributed by atoms with Gasteiger partial charge in [0, 0.05) is 31.9 Å². The highest BCUT2D eigenvalue weighted by Crippen LogP contribution is 2.21. The van der Waals surface area contributed by atoms with Crippen molar-refractivity contribution < 1.29 is 14.7 Å². The SMILES string of the molecule is CC(C)C(NC(=O)c1ccccc1Cl)C(=O)N1CCN(c2ccc(O)cc2)CC1. The maximum absolute atomic E-state index is 13.1. The fourth-order valence-corrected chi connectivity index (χ4v) is 3.64. The largest absolute Gasteiger partial charge is 0.508 e. The second-order valence-electron chi connectivity index (χ2n) is 7.50. The molecule has 2 amide bonds. The molecule has 29 heavy (non-hydrogen) atoms. The minimum absolute atomic E-state index is 0.0518. The zero-order chi connectivity index (χ0) is 21.0. The van der Waals surface area contributed by atoms with Gasteiger partial charge >= 0.3 is 0 Å². The highest BCUT2D eigenvalue weighted by atomic mass is 35.5. The van der Waals surface area contributed by atoms with Crippen molar-refractivity contribution in [2.45, 2.75) is 19.9 Å². The first kappa shape index (κ1) is 21.0. The minimum atomic E-state index is -0.612. The Morgan fingerprint density at radius 1 is 1.00 bits per heavy atom. The molecule has 0 radical (unpaired) electrons. The zero-order valence-corrected chi connectivity index (χ0v) is 17.4. The van der Waals surface area contributed by atoms with Crippen LogP contribution in [0, 0.1) is 5.92 Å². The van der Waals surface area contributed by atoms with Crippen LogP contribution in [0.1, 0.15) is 24.2 Å². The number of rotatable bonds is 5. The van der Waals surface area contributed by atoms with E-state index in [1.807, 2.05) is 26.0 Å². The van der Waals surface area contributed by atoms with Crippen molar-refractivity contribution in [3.63, 3.8) is 0 Å². The molecule has 2 aromatic rings. The van der Waals surface area contributed by atoms with Gasteiger partial charge in [0.2, 0.25) is 5.91 Å². The molecule has 7 heteroatoms. The van der Waals surface area contributed by atoms with Gasteiger partial charge in [-0.15, -0.1) is 0 Å². The lowest BCUT2D eigenvalue weighted by atomic mass is 10.0. The lowest BCUT2D eigenvalue weighted by molar-refractivity contribution is -0.134. The summed E-state index contributed by atoms with van der Waals surface area (Å²) in [5.41, 5.74) is 1.38. The van der Waals surface area contributed by atoms with Crippen LogP contribution in [0.4, 0.5) is 5.69 Å². The van der Waals surface area contributed by atoms with Gasteiger partial charge in [-0.25, -0.2) is 0 Å². The van der Waals surface area contributed by atoms with E-state index in [1.165, 1.54) is 0 Å². The Hall–Kier alpha value is -2.73. The van der Waals surface area contributed by atoms with Gasteiger partial charge in [-0.05, 0) is 42.3 Å². The summed E-state index contributed by atoms with van der Waals surface area (Å²) in [7, 11) is 0. The quantitative estimate of drug-likeness (QED) is 0.786. The lowest BCUT2D eigenvalue weighted by Gasteiger charge is -2.38. The predicted octanol–water partition coefficient (Wildman–Crippen LogP) is 3.15. The predicted molar refractivity (Wildman–Crippen MR) is 114 cm³/mol. The van der Waals surface area contributed by atoms with Crippen LogP contribution in [0.5, 0.6) is 5.75 Å². The average molecular weight is 416 g/mol. The third-order valence-corrected chi connectivity index (χ3v) is 5.47. The zero-order valence-electron chi connectivity index (χ0n) is 16.6. The number of benzene rings is 2. The molecule has 1 atom stereocenters. The van der Waals surface area contributed by atoms with Gasteiger partial charge < -0.3 is 20.2 Å². The van der Waals surface area contributed by atoms with E-state index in [-0.39, 0.29) is 23.5 Å². The molecule has 1 unspecified atom stereocenters. The number of carbonyl (C=O) groups is 2. The highest BCUT2D eigenvalue weighted by molar-refractivity contribution is 6.33. The summed E-state index contributed by atoms with van der Waals surface area (Å²) in [4.78, 5) is 29.7. The fourth-order valence-electron chi connectivity index (χ4n) is 3.42. The molecule has 2 aromatic carbocycles. The molecule has 1 aliphatic rings. The normalized spacial score (nSPS) is 15.3. The number of hydrogen-bond donors (Lipinski definition) is 2. The molecule has 1 heterocycles. The van der Waals surface area contributed by atoms with Crippen molar-refractivity contribution in [2.75, 3.05) is 31.1 Å². The van der Waals surface area contributed by atoms with Crippen molar-refractivity contribution in [3.05, 3.63) is 59.1 Å². The molecule has 154 valence electrons. The number of nitrogens with zero attached hydrogens (tertiary/aromatic N) is 2. The first-order chi connectivity index (χ1) is 13.9. The molecule has 1 aliphatic heterocycles. The smallest absolute Gasteiger partial charge is 0.253 e. The van der Waals surface area contributed by atoms with Gasteiger partial charge in [-0.3, -0.25) is 9.59 Å². The van der Waals surface area contributed by atoms with E-state index in [0.717, 1.165) is 5.69 Å². The van der Waals surface area contributed by atoms with E-state index in [1.54, 1.807) is 41.3 Å². The molecule has 3 rings (SSSR count). The summed E-state index contributed by atoms with van der Waals surface area (Å²) in [6, 6.07) is 13.3. The van der Waals surface area contributed by atoms with Crippen LogP contribution in [0.25, 0.3) is 0 Å². The minimum Gasteiger partial charge on any atom is -0.508 e. The summed E-state index contributed by atoms with van der Waals surface area (Å²) < 4.78 is 0. The Balaban J connectivity index is 1.63. The molecule has 2 N–H and O–H groups in total. The molecule has 0 aromatic heterocycles. The summed E-state index contributed by atoms with van der Waals surface area (Å²) >= 11 is 6.12. The Morgan fingerprint density at radius 3 is 2.21 bits per heavy atom. The lowest BCUT2D eigenvalue weighted by Crippen LogP contribution is -2.56.